The molecule has 0 aromatic carbocycles. The molecule has 0 saturated carbocycles. The molecule has 1 aromatic heterocycles. The van der Waals surface area contributed by atoms with Crippen LogP contribution < -0.4 is 11.0 Å². The SMILES string of the molecule is CCCC[C@H](NC(=O)Cn1cn[nH]c1=O)C(=O)O. The minimum absolute atomic E-state index is 0.245. The number of carbonyl (C=O) groups is 2. The number of amides is 1. The first-order valence-electron chi connectivity index (χ1n) is 5.66. The molecule has 1 atom stereocenters. The number of carbonyl (C=O) groups excluding carboxylic acids is 1. The molecule has 0 saturated heterocycles. The van der Waals surface area contributed by atoms with Gasteiger partial charge in [0.05, 0.1) is 0 Å². The summed E-state index contributed by atoms with van der Waals surface area (Å²) in [6.07, 6.45) is 3.12. The van der Waals surface area contributed by atoms with Gasteiger partial charge in [-0.25, -0.2) is 14.7 Å². The lowest BCUT2D eigenvalue weighted by Crippen LogP contribution is -2.43. The zero-order chi connectivity index (χ0) is 13.5. The van der Waals surface area contributed by atoms with Crippen molar-refractivity contribution in [1.82, 2.24) is 20.1 Å². The summed E-state index contributed by atoms with van der Waals surface area (Å²) in [5.41, 5.74) is -0.509. The number of nitrogens with zero attached hydrogens (tertiary/aromatic N) is 2. The molecule has 0 aliphatic carbocycles. The average Bonchev–Trinajstić information content (AvgIpc) is 2.70. The molecule has 0 aliphatic heterocycles. The quantitative estimate of drug-likeness (QED) is 0.598. The lowest BCUT2D eigenvalue weighted by molar-refractivity contribution is -0.142. The predicted molar refractivity (Wildman–Crippen MR) is 61.9 cm³/mol. The van der Waals surface area contributed by atoms with Gasteiger partial charge in [-0.3, -0.25) is 9.36 Å². The van der Waals surface area contributed by atoms with Gasteiger partial charge in [0.2, 0.25) is 5.91 Å². The second kappa shape index (κ2) is 6.58. The van der Waals surface area contributed by atoms with Crippen molar-refractivity contribution in [3.8, 4) is 0 Å². The van der Waals surface area contributed by atoms with Gasteiger partial charge in [0.25, 0.3) is 0 Å². The molecular formula is C10H16N4O4. The van der Waals surface area contributed by atoms with Crippen LogP contribution in [-0.2, 0) is 16.1 Å². The maximum Gasteiger partial charge on any atom is 0.343 e. The van der Waals surface area contributed by atoms with Crippen molar-refractivity contribution in [3.05, 3.63) is 16.8 Å². The van der Waals surface area contributed by atoms with Crippen molar-refractivity contribution >= 4 is 11.9 Å². The van der Waals surface area contributed by atoms with E-state index in [2.05, 4.69) is 15.5 Å². The maximum absolute atomic E-state index is 11.6. The highest BCUT2D eigenvalue weighted by atomic mass is 16.4. The lowest BCUT2D eigenvalue weighted by Gasteiger charge is -2.13. The van der Waals surface area contributed by atoms with Crippen molar-refractivity contribution < 1.29 is 14.7 Å². The van der Waals surface area contributed by atoms with Gasteiger partial charge in [0.1, 0.15) is 18.9 Å². The number of H-pyrrole nitrogens is 1. The largest absolute Gasteiger partial charge is 0.480 e. The summed E-state index contributed by atoms with van der Waals surface area (Å²) in [5, 5.41) is 16.9. The van der Waals surface area contributed by atoms with E-state index in [1.807, 2.05) is 6.92 Å². The van der Waals surface area contributed by atoms with Crippen molar-refractivity contribution in [2.45, 2.75) is 38.8 Å². The van der Waals surface area contributed by atoms with E-state index in [-0.39, 0.29) is 6.54 Å². The van der Waals surface area contributed by atoms with Crippen LogP contribution >= 0.6 is 0 Å². The Bertz CT molecular complexity index is 464. The Morgan fingerprint density at radius 2 is 2.33 bits per heavy atom. The van der Waals surface area contributed by atoms with Gasteiger partial charge in [0, 0.05) is 0 Å². The number of nitrogens with one attached hydrogen (secondary N) is 2. The van der Waals surface area contributed by atoms with Crippen molar-refractivity contribution in [1.29, 1.82) is 0 Å². The molecule has 8 heteroatoms. The van der Waals surface area contributed by atoms with Crippen LogP contribution in [0, 0.1) is 0 Å². The number of aromatic amines is 1. The van der Waals surface area contributed by atoms with Crippen molar-refractivity contribution in [3.63, 3.8) is 0 Å². The third-order valence-electron chi connectivity index (χ3n) is 2.41. The Labute approximate surface area is 103 Å². The number of carboxylic acids is 1. The number of aromatic nitrogens is 3. The summed E-state index contributed by atoms with van der Waals surface area (Å²) in [5.74, 6) is -1.60. The monoisotopic (exact) mass is 256 g/mol. The molecule has 1 heterocycles. The highest BCUT2D eigenvalue weighted by Crippen LogP contribution is 2.00. The minimum atomic E-state index is -1.07. The Hall–Kier alpha value is -2.12. The zero-order valence-electron chi connectivity index (χ0n) is 10.0. The van der Waals surface area contributed by atoms with Crippen LogP contribution in [0.3, 0.4) is 0 Å². The molecule has 3 N–H and O–H groups in total. The van der Waals surface area contributed by atoms with E-state index in [0.29, 0.717) is 12.8 Å². The van der Waals surface area contributed by atoms with Crippen LogP contribution in [0.1, 0.15) is 26.2 Å². The van der Waals surface area contributed by atoms with E-state index in [1.54, 1.807) is 0 Å². The fraction of sp³-hybridized carbons (Fsp3) is 0.600. The topological polar surface area (TPSA) is 117 Å². The van der Waals surface area contributed by atoms with Crippen LogP contribution in [0.2, 0.25) is 0 Å². The molecule has 1 aromatic rings. The molecule has 18 heavy (non-hydrogen) atoms. The van der Waals surface area contributed by atoms with Crippen molar-refractivity contribution in [2.75, 3.05) is 0 Å². The van der Waals surface area contributed by atoms with Crippen LogP contribution in [0.15, 0.2) is 11.1 Å². The maximum atomic E-state index is 11.6. The van der Waals surface area contributed by atoms with Gasteiger partial charge in [-0.15, -0.1) is 0 Å². The molecule has 100 valence electrons. The molecule has 0 spiro atoms. The smallest absolute Gasteiger partial charge is 0.343 e. The standard InChI is InChI=1S/C10H16N4O4/c1-2-3-4-7(9(16)17)12-8(15)5-14-6-11-13-10(14)18/h6-7H,2-5H2,1H3,(H,12,15)(H,13,18)(H,16,17)/t7-/m0/s1. The Kier molecular flexibility index (Phi) is 5.09. The number of aliphatic carboxylic acids is 1. The normalized spacial score (nSPS) is 12.1. The molecule has 1 amide bonds. The average molecular weight is 256 g/mol. The van der Waals surface area contributed by atoms with Gasteiger partial charge in [-0.1, -0.05) is 19.8 Å². The van der Waals surface area contributed by atoms with E-state index < -0.39 is 23.6 Å². The second-order valence-electron chi connectivity index (χ2n) is 3.89. The number of unbranched alkanes of at least 4 members (excludes halogenated alkanes) is 1. The van der Waals surface area contributed by atoms with E-state index in [0.717, 1.165) is 11.0 Å². The first kappa shape index (κ1) is 13.9. The van der Waals surface area contributed by atoms with Gasteiger partial charge < -0.3 is 10.4 Å². The molecule has 0 unspecified atom stereocenters. The number of hydrogen-bond donors (Lipinski definition) is 3. The molecule has 0 fully saturated rings. The first-order chi connectivity index (χ1) is 8.54. The third-order valence-corrected chi connectivity index (χ3v) is 2.41. The summed E-state index contributed by atoms with van der Waals surface area (Å²) in [4.78, 5) is 33.6. The van der Waals surface area contributed by atoms with Gasteiger partial charge in [-0.2, -0.15) is 5.10 Å². The fourth-order valence-electron chi connectivity index (χ4n) is 1.44. The summed E-state index contributed by atoms with van der Waals surface area (Å²) < 4.78 is 1.06. The van der Waals surface area contributed by atoms with E-state index in [1.165, 1.54) is 6.33 Å². The number of carboxylic acid groups (broad SMARTS) is 1. The number of hydrogen-bond acceptors (Lipinski definition) is 4. The summed E-state index contributed by atoms with van der Waals surface area (Å²) in [7, 11) is 0. The minimum Gasteiger partial charge on any atom is -0.480 e. The van der Waals surface area contributed by atoms with Gasteiger partial charge >= 0.3 is 11.7 Å². The second-order valence-corrected chi connectivity index (χ2v) is 3.89. The molecule has 1 rings (SSSR count). The van der Waals surface area contributed by atoms with Crippen LogP contribution in [-0.4, -0.2) is 37.8 Å². The van der Waals surface area contributed by atoms with E-state index in [9.17, 15) is 14.4 Å². The summed E-state index contributed by atoms with van der Waals surface area (Å²) >= 11 is 0. The Morgan fingerprint density at radius 3 is 2.83 bits per heavy atom. The van der Waals surface area contributed by atoms with Gasteiger partial charge in [0.15, 0.2) is 0 Å². The molecule has 0 radical (unpaired) electrons. The first-order valence-corrected chi connectivity index (χ1v) is 5.66. The highest BCUT2D eigenvalue weighted by Gasteiger charge is 2.19. The number of rotatable bonds is 7. The van der Waals surface area contributed by atoms with Crippen LogP contribution in [0.25, 0.3) is 0 Å². The van der Waals surface area contributed by atoms with E-state index in [4.69, 9.17) is 5.11 Å². The molecule has 0 bridgehead atoms. The van der Waals surface area contributed by atoms with Crippen molar-refractivity contribution in [2.24, 2.45) is 0 Å². The van der Waals surface area contributed by atoms with Crippen LogP contribution in [0.5, 0.6) is 0 Å². The predicted octanol–water partition coefficient (Wildman–Crippen LogP) is -0.669. The Balaban J connectivity index is 2.54. The molecular weight excluding hydrogens is 240 g/mol. The highest BCUT2D eigenvalue weighted by molar-refractivity contribution is 5.83. The lowest BCUT2D eigenvalue weighted by atomic mass is 10.1. The Morgan fingerprint density at radius 1 is 1.61 bits per heavy atom. The van der Waals surface area contributed by atoms with Gasteiger partial charge in [-0.05, 0) is 6.42 Å². The zero-order valence-corrected chi connectivity index (χ0v) is 10.0. The fourth-order valence-corrected chi connectivity index (χ4v) is 1.44. The van der Waals surface area contributed by atoms with Crippen LogP contribution in [0.4, 0.5) is 0 Å². The molecule has 8 nitrogen and oxygen atoms in total. The van der Waals surface area contributed by atoms with E-state index >= 15 is 0 Å². The summed E-state index contributed by atoms with van der Waals surface area (Å²) in [6, 6.07) is -0.917. The third kappa shape index (κ3) is 4.04. The molecule has 0 aliphatic rings. The summed E-state index contributed by atoms with van der Waals surface area (Å²) in [6.45, 7) is 1.69.